The molecule has 1 aromatic heterocycles. The van der Waals surface area contributed by atoms with Crippen molar-refractivity contribution >= 4 is 17.3 Å². The number of rotatable bonds is 7. The summed E-state index contributed by atoms with van der Waals surface area (Å²) in [5.41, 5.74) is 1.66. The Labute approximate surface area is 180 Å². The lowest BCUT2D eigenvalue weighted by atomic mass is 10.0. The topological polar surface area (TPSA) is 59.3 Å². The van der Waals surface area contributed by atoms with Gasteiger partial charge in [0.25, 0.3) is 0 Å². The second-order valence-corrected chi connectivity index (χ2v) is 7.62. The minimum atomic E-state index is -0.375. The normalized spacial score (nSPS) is 16.0. The molecule has 0 saturated carbocycles. The van der Waals surface area contributed by atoms with E-state index in [0.29, 0.717) is 24.5 Å². The molecule has 2 heterocycles. The van der Waals surface area contributed by atoms with E-state index >= 15 is 0 Å². The molecule has 0 aliphatic carbocycles. The summed E-state index contributed by atoms with van der Waals surface area (Å²) in [5, 5.41) is 12.9. The first-order valence-electron chi connectivity index (χ1n) is 9.91. The van der Waals surface area contributed by atoms with Crippen LogP contribution in [0.4, 0.5) is 10.1 Å². The van der Waals surface area contributed by atoms with Crippen molar-refractivity contribution in [1.29, 1.82) is 0 Å². The van der Waals surface area contributed by atoms with Crippen LogP contribution in [-0.2, 0) is 11.3 Å². The highest BCUT2D eigenvalue weighted by Crippen LogP contribution is 2.31. The maximum Gasteiger partial charge on any atom is 0.173 e. The van der Waals surface area contributed by atoms with Gasteiger partial charge in [-0.15, -0.1) is 5.10 Å². The van der Waals surface area contributed by atoms with Crippen LogP contribution in [0.3, 0.4) is 0 Å². The third-order valence-electron chi connectivity index (χ3n) is 5.36. The Kier molecular flexibility index (Phi) is 6.56. The molecule has 1 aliphatic rings. The van der Waals surface area contributed by atoms with Crippen molar-refractivity contribution in [2.75, 3.05) is 44.8 Å². The highest BCUT2D eigenvalue weighted by atomic mass is 35.5. The smallest absolute Gasteiger partial charge is 0.173 e. The molecule has 0 N–H and O–H groups in total. The van der Waals surface area contributed by atoms with Crippen LogP contribution in [0, 0.1) is 5.82 Å². The molecule has 4 rings (SSSR count). The molecule has 7 nitrogen and oxygen atoms in total. The molecule has 2 aromatic carbocycles. The second-order valence-electron chi connectivity index (χ2n) is 7.18. The number of nitrogens with zero attached hydrogens (tertiary/aromatic N) is 6. The first-order valence-corrected chi connectivity index (χ1v) is 10.3. The molecule has 1 saturated heterocycles. The molecule has 1 atom stereocenters. The first-order chi connectivity index (χ1) is 14.7. The molecule has 158 valence electrons. The van der Waals surface area contributed by atoms with E-state index in [0.717, 1.165) is 36.9 Å². The number of methoxy groups -OCH3 is 1. The van der Waals surface area contributed by atoms with Gasteiger partial charge in [-0.3, -0.25) is 4.90 Å². The Balaban J connectivity index is 1.60. The summed E-state index contributed by atoms with van der Waals surface area (Å²) in [5.74, 6) is 0.356. The van der Waals surface area contributed by atoms with E-state index in [9.17, 15) is 4.39 Å². The predicted molar refractivity (Wildman–Crippen MR) is 113 cm³/mol. The maximum absolute atomic E-state index is 14.8. The summed E-state index contributed by atoms with van der Waals surface area (Å²) in [6.45, 7) is 4.05. The van der Waals surface area contributed by atoms with Crippen molar-refractivity contribution in [3.8, 4) is 0 Å². The highest BCUT2D eigenvalue weighted by molar-refractivity contribution is 6.30. The molecule has 0 spiro atoms. The molecule has 1 aliphatic heterocycles. The zero-order valence-corrected chi connectivity index (χ0v) is 17.5. The number of piperazine rings is 1. The van der Waals surface area contributed by atoms with Gasteiger partial charge in [0.2, 0.25) is 0 Å². The van der Waals surface area contributed by atoms with Gasteiger partial charge < -0.3 is 9.64 Å². The maximum atomic E-state index is 14.8. The minimum absolute atomic E-state index is 0.263. The summed E-state index contributed by atoms with van der Waals surface area (Å²) in [6, 6.07) is 14.3. The van der Waals surface area contributed by atoms with Crippen molar-refractivity contribution in [3.63, 3.8) is 0 Å². The van der Waals surface area contributed by atoms with Gasteiger partial charge in [0.05, 0.1) is 13.2 Å². The standard InChI is InChI=1S/C21H24ClFN6O/c1-30-14-13-29-21(24-25-26-29)20(18-7-2-3-8-19(18)23)28-11-9-27(10-12-28)17-6-4-5-16(22)15-17/h2-8,15,20H,9-14H2,1H3/t20-/m1/s1. The summed E-state index contributed by atoms with van der Waals surface area (Å²) in [4.78, 5) is 4.52. The Hall–Kier alpha value is -2.55. The Morgan fingerprint density at radius 2 is 1.90 bits per heavy atom. The molecular weight excluding hydrogens is 407 g/mol. The molecule has 0 unspecified atom stereocenters. The highest BCUT2D eigenvalue weighted by Gasteiger charge is 2.32. The van der Waals surface area contributed by atoms with Gasteiger partial charge in [0.15, 0.2) is 5.82 Å². The zero-order valence-electron chi connectivity index (χ0n) is 16.8. The fraction of sp³-hybridized carbons (Fsp3) is 0.381. The van der Waals surface area contributed by atoms with Crippen LogP contribution in [0.5, 0.6) is 0 Å². The van der Waals surface area contributed by atoms with Gasteiger partial charge in [-0.25, -0.2) is 9.07 Å². The largest absolute Gasteiger partial charge is 0.383 e. The molecule has 0 amide bonds. The van der Waals surface area contributed by atoms with Gasteiger partial charge >= 0.3 is 0 Å². The number of hydrogen-bond acceptors (Lipinski definition) is 6. The molecule has 30 heavy (non-hydrogen) atoms. The lowest BCUT2D eigenvalue weighted by molar-refractivity contribution is 0.171. The molecular formula is C21H24ClFN6O. The second kappa shape index (κ2) is 9.51. The van der Waals surface area contributed by atoms with Gasteiger partial charge in [0.1, 0.15) is 11.9 Å². The summed E-state index contributed by atoms with van der Waals surface area (Å²) < 4.78 is 21.7. The lowest BCUT2D eigenvalue weighted by Crippen LogP contribution is -2.48. The molecule has 3 aromatic rings. The Bertz CT molecular complexity index is 975. The van der Waals surface area contributed by atoms with Crippen LogP contribution in [0.15, 0.2) is 48.5 Å². The van der Waals surface area contributed by atoms with E-state index in [1.807, 2.05) is 24.3 Å². The zero-order chi connectivity index (χ0) is 20.9. The summed E-state index contributed by atoms with van der Waals surface area (Å²) >= 11 is 6.15. The van der Waals surface area contributed by atoms with Crippen LogP contribution < -0.4 is 4.90 Å². The molecule has 0 radical (unpaired) electrons. The average Bonchev–Trinajstić information content (AvgIpc) is 3.22. The van der Waals surface area contributed by atoms with Crippen LogP contribution in [0.25, 0.3) is 0 Å². The van der Waals surface area contributed by atoms with Gasteiger partial charge in [-0.1, -0.05) is 35.9 Å². The predicted octanol–water partition coefficient (Wildman–Crippen LogP) is 3.02. The SMILES string of the molecule is COCCn1nnnc1[C@@H](c1ccccc1F)N1CCN(c2cccc(Cl)c2)CC1. The van der Waals surface area contributed by atoms with Crippen molar-refractivity contribution in [2.24, 2.45) is 0 Å². The minimum Gasteiger partial charge on any atom is -0.383 e. The molecule has 9 heteroatoms. The number of anilines is 1. The van der Waals surface area contributed by atoms with Crippen LogP contribution in [0.1, 0.15) is 17.4 Å². The first kappa shape index (κ1) is 20.7. The van der Waals surface area contributed by atoms with Crippen LogP contribution in [-0.4, -0.2) is 65.0 Å². The summed E-state index contributed by atoms with van der Waals surface area (Å²) in [7, 11) is 1.63. The lowest BCUT2D eigenvalue weighted by Gasteiger charge is -2.40. The third-order valence-corrected chi connectivity index (χ3v) is 5.60. The third kappa shape index (κ3) is 4.45. The van der Waals surface area contributed by atoms with Crippen LogP contribution >= 0.6 is 11.6 Å². The van der Waals surface area contributed by atoms with Gasteiger partial charge in [-0.2, -0.15) is 0 Å². The summed E-state index contributed by atoms with van der Waals surface area (Å²) in [6.07, 6.45) is 0. The monoisotopic (exact) mass is 430 g/mol. The van der Waals surface area contributed by atoms with E-state index in [2.05, 4.69) is 31.4 Å². The van der Waals surface area contributed by atoms with E-state index in [-0.39, 0.29) is 11.9 Å². The fourth-order valence-electron chi connectivity index (χ4n) is 3.85. The van der Waals surface area contributed by atoms with E-state index in [1.165, 1.54) is 6.07 Å². The number of aromatic nitrogens is 4. The fourth-order valence-corrected chi connectivity index (χ4v) is 4.04. The van der Waals surface area contributed by atoms with Crippen molar-refractivity contribution in [3.05, 3.63) is 70.8 Å². The average molecular weight is 431 g/mol. The van der Waals surface area contributed by atoms with E-state index in [4.69, 9.17) is 16.3 Å². The molecule has 0 bridgehead atoms. The van der Waals surface area contributed by atoms with Crippen LogP contribution in [0.2, 0.25) is 5.02 Å². The van der Waals surface area contributed by atoms with Gasteiger partial charge in [0, 0.05) is 49.6 Å². The number of benzene rings is 2. The quantitative estimate of drug-likeness (QED) is 0.574. The number of hydrogen-bond donors (Lipinski definition) is 0. The van der Waals surface area contributed by atoms with Gasteiger partial charge in [-0.05, 0) is 34.7 Å². The van der Waals surface area contributed by atoms with Crippen molar-refractivity contribution in [1.82, 2.24) is 25.1 Å². The van der Waals surface area contributed by atoms with Crippen molar-refractivity contribution in [2.45, 2.75) is 12.6 Å². The number of tetrazole rings is 1. The van der Waals surface area contributed by atoms with Crippen molar-refractivity contribution < 1.29 is 9.13 Å². The Morgan fingerprint density at radius 1 is 1.10 bits per heavy atom. The van der Waals surface area contributed by atoms with E-state index in [1.54, 1.807) is 23.9 Å². The Morgan fingerprint density at radius 3 is 2.63 bits per heavy atom. The van der Waals surface area contributed by atoms with E-state index < -0.39 is 0 Å². The number of halogens is 2. The molecule has 1 fully saturated rings. The number of ether oxygens (including phenoxy) is 1.